The first kappa shape index (κ1) is 17.2. The highest BCUT2D eigenvalue weighted by atomic mass is 32.2. The third-order valence-corrected chi connectivity index (χ3v) is 6.35. The molecular formula is C18H23NO4S. The van der Waals surface area contributed by atoms with Gasteiger partial charge in [0.25, 0.3) is 0 Å². The van der Waals surface area contributed by atoms with Gasteiger partial charge in [0.05, 0.1) is 4.90 Å². The molecule has 0 spiro atoms. The molecule has 0 saturated heterocycles. The second-order valence-corrected chi connectivity index (χ2v) is 8.68. The van der Waals surface area contributed by atoms with Crippen molar-refractivity contribution in [1.29, 1.82) is 0 Å². The molecule has 24 heavy (non-hydrogen) atoms. The molecule has 0 unspecified atom stereocenters. The van der Waals surface area contributed by atoms with Crippen LogP contribution in [0.4, 0.5) is 0 Å². The fraction of sp³-hybridized carbons (Fsp3) is 0.500. The van der Waals surface area contributed by atoms with Crippen molar-refractivity contribution in [3.8, 4) is 0 Å². The molecule has 2 aliphatic carbocycles. The number of rotatable bonds is 5. The zero-order chi connectivity index (χ0) is 17.5. The van der Waals surface area contributed by atoms with Gasteiger partial charge in [-0.05, 0) is 66.9 Å². The van der Waals surface area contributed by atoms with Crippen molar-refractivity contribution in [2.75, 3.05) is 0 Å². The first-order chi connectivity index (χ1) is 11.3. The lowest BCUT2D eigenvalue weighted by molar-refractivity contribution is -0.140. The molecule has 0 radical (unpaired) electrons. The fourth-order valence-corrected chi connectivity index (χ4v) is 4.99. The smallest absolute Gasteiger partial charge is 0.322 e. The van der Waals surface area contributed by atoms with E-state index in [2.05, 4.69) is 4.72 Å². The summed E-state index contributed by atoms with van der Waals surface area (Å²) in [6.07, 6.45) is 5.38. The third-order valence-electron chi connectivity index (χ3n) is 4.91. The summed E-state index contributed by atoms with van der Waals surface area (Å²) < 4.78 is 27.5. The Morgan fingerprint density at radius 2 is 1.92 bits per heavy atom. The maximum absolute atomic E-state index is 12.6. The van der Waals surface area contributed by atoms with Crippen molar-refractivity contribution < 1.29 is 18.3 Å². The van der Waals surface area contributed by atoms with Crippen molar-refractivity contribution in [1.82, 2.24) is 4.72 Å². The quantitative estimate of drug-likeness (QED) is 0.856. The van der Waals surface area contributed by atoms with Crippen LogP contribution >= 0.6 is 0 Å². The van der Waals surface area contributed by atoms with Gasteiger partial charge in [-0.3, -0.25) is 4.79 Å². The molecule has 5 nitrogen and oxygen atoms in total. The standard InChI is InChI=1S/C18H23NO4S/c1-11(2)17(18(20)21)19-24(22,23)14-7-8-16-13(10-14)9-12-5-3-4-6-15(12)16/h7-8,10-11,17,19H,3-6,9H2,1-2H3,(H,20,21)/t17-/m0/s1. The molecule has 1 aromatic rings. The van der Waals surface area contributed by atoms with Crippen LogP contribution in [0.25, 0.3) is 5.57 Å². The summed E-state index contributed by atoms with van der Waals surface area (Å²) in [4.78, 5) is 11.4. The van der Waals surface area contributed by atoms with E-state index < -0.39 is 22.0 Å². The molecule has 0 amide bonds. The first-order valence-electron chi connectivity index (χ1n) is 8.39. The Bertz CT molecular complexity index is 808. The SMILES string of the molecule is CC(C)[C@H](NS(=O)(=O)c1ccc2c(c1)CC1=C2CCCC1)C(=O)O. The van der Waals surface area contributed by atoms with E-state index in [1.54, 1.807) is 26.0 Å². The van der Waals surface area contributed by atoms with Crippen LogP contribution in [0.3, 0.4) is 0 Å². The number of allylic oxidation sites excluding steroid dienone is 2. The van der Waals surface area contributed by atoms with E-state index in [-0.39, 0.29) is 10.8 Å². The molecule has 3 rings (SSSR count). The van der Waals surface area contributed by atoms with Crippen LogP contribution in [-0.4, -0.2) is 25.5 Å². The van der Waals surface area contributed by atoms with Gasteiger partial charge in [0, 0.05) is 0 Å². The number of carbonyl (C=O) groups is 1. The minimum absolute atomic E-state index is 0.146. The summed E-state index contributed by atoms with van der Waals surface area (Å²) in [5.74, 6) is -1.49. The summed E-state index contributed by atoms with van der Waals surface area (Å²) >= 11 is 0. The molecule has 0 heterocycles. The average Bonchev–Trinajstić information content (AvgIpc) is 2.89. The Morgan fingerprint density at radius 1 is 1.21 bits per heavy atom. The molecule has 0 saturated carbocycles. The first-order valence-corrected chi connectivity index (χ1v) is 9.87. The molecule has 0 bridgehead atoms. The number of benzene rings is 1. The molecule has 2 aliphatic rings. The monoisotopic (exact) mass is 349 g/mol. The topological polar surface area (TPSA) is 83.5 Å². The van der Waals surface area contributed by atoms with Crippen LogP contribution in [0.1, 0.15) is 50.7 Å². The summed E-state index contributed by atoms with van der Waals surface area (Å²) in [5.41, 5.74) is 5.03. The minimum Gasteiger partial charge on any atom is -0.480 e. The summed E-state index contributed by atoms with van der Waals surface area (Å²) in [6.45, 7) is 3.37. The van der Waals surface area contributed by atoms with Crippen LogP contribution in [0.2, 0.25) is 0 Å². The molecule has 0 aliphatic heterocycles. The van der Waals surface area contributed by atoms with Crippen LogP contribution < -0.4 is 4.72 Å². The molecule has 0 fully saturated rings. The predicted octanol–water partition coefficient (Wildman–Crippen LogP) is 2.96. The second-order valence-electron chi connectivity index (χ2n) is 6.97. The Kier molecular flexibility index (Phi) is 4.53. The Morgan fingerprint density at radius 3 is 2.58 bits per heavy atom. The number of aliphatic carboxylic acids is 1. The lowest BCUT2D eigenvalue weighted by atomic mass is 9.92. The van der Waals surface area contributed by atoms with Crippen molar-refractivity contribution in [3.63, 3.8) is 0 Å². The number of hydrogen-bond acceptors (Lipinski definition) is 3. The van der Waals surface area contributed by atoms with Gasteiger partial charge in [-0.25, -0.2) is 8.42 Å². The lowest BCUT2D eigenvalue weighted by Gasteiger charge is -2.18. The van der Waals surface area contributed by atoms with E-state index in [1.165, 1.54) is 29.6 Å². The molecule has 6 heteroatoms. The molecule has 2 N–H and O–H groups in total. The number of sulfonamides is 1. The molecule has 0 aromatic heterocycles. The van der Waals surface area contributed by atoms with Crippen molar-refractivity contribution in [3.05, 3.63) is 34.9 Å². The number of carboxylic acids is 1. The molecule has 130 valence electrons. The van der Waals surface area contributed by atoms with E-state index in [0.717, 1.165) is 24.8 Å². The van der Waals surface area contributed by atoms with Crippen LogP contribution in [0.15, 0.2) is 28.7 Å². The fourth-order valence-electron chi connectivity index (χ4n) is 3.60. The summed E-state index contributed by atoms with van der Waals surface area (Å²) in [6, 6.07) is 4.04. The largest absolute Gasteiger partial charge is 0.480 e. The van der Waals surface area contributed by atoms with Gasteiger partial charge in [0.2, 0.25) is 10.0 Å². The lowest BCUT2D eigenvalue weighted by Crippen LogP contribution is -2.44. The van der Waals surface area contributed by atoms with Gasteiger partial charge in [0.15, 0.2) is 0 Å². The van der Waals surface area contributed by atoms with Crippen LogP contribution in [-0.2, 0) is 21.2 Å². The average molecular weight is 349 g/mol. The summed E-state index contributed by atoms with van der Waals surface area (Å²) in [5, 5.41) is 9.22. The van der Waals surface area contributed by atoms with Gasteiger partial charge < -0.3 is 5.11 Å². The molecule has 1 aromatic carbocycles. The number of fused-ring (bicyclic) bond motifs is 2. The highest BCUT2D eigenvalue weighted by molar-refractivity contribution is 7.89. The van der Waals surface area contributed by atoms with Gasteiger partial charge >= 0.3 is 5.97 Å². The van der Waals surface area contributed by atoms with E-state index >= 15 is 0 Å². The number of hydrogen-bond donors (Lipinski definition) is 2. The Hall–Kier alpha value is -1.66. The Balaban J connectivity index is 1.88. The number of nitrogens with one attached hydrogen (secondary N) is 1. The number of carboxylic acid groups (broad SMARTS) is 1. The normalized spacial score (nSPS) is 18.5. The maximum atomic E-state index is 12.6. The van der Waals surface area contributed by atoms with Gasteiger partial charge in [0.1, 0.15) is 6.04 Å². The molecular weight excluding hydrogens is 326 g/mol. The highest BCUT2D eigenvalue weighted by Crippen LogP contribution is 2.42. The summed E-state index contributed by atoms with van der Waals surface area (Å²) in [7, 11) is -3.85. The van der Waals surface area contributed by atoms with E-state index in [4.69, 9.17) is 0 Å². The third kappa shape index (κ3) is 3.13. The van der Waals surface area contributed by atoms with Gasteiger partial charge in [-0.15, -0.1) is 0 Å². The minimum atomic E-state index is -3.85. The second kappa shape index (κ2) is 6.33. The Labute approximate surface area is 142 Å². The zero-order valence-electron chi connectivity index (χ0n) is 14.0. The van der Waals surface area contributed by atoms with E-state index in [1.807, 2.05) is 6.07 Å². The van der Waals surface area contributed by atoms with Crippen molar-refractivity contribution >= 4 is 21.6 Å². The zero-order valence-corrected chi connectivity index (χ0v) is 14.8. The predicted molar refractivity (Wildman–Crippen MR) is 92.1 cm³/mol. The van der Waals surface area contributed by atoms with E-state index in [0.29, 0.717) is 0 Å². The van der Waals surface area contributed by atoms with Crippen LogP contribution in [0.5, 0.6) is 0 Å². The van der Waals surface area contributed by atoms with Crippen LogP contribution in [0, 0.1) is 5.92 Å². The van der Waals surface area contributed by atoms with Gasteiger partial charge in [-0.2, -0.15) is 4.72 Å². The molecule has 1 atom stereocenters. The van der Waals surface area contributed by atoms with Crippen molar-refractivity contribution in [2.24, 2.45) is 5.92 Å². The van der Waals surface area contributed by atoms with E-state index in [9.17, 15) is 18.3 Å². The maximum Gasteiger partial charge on any atom is 0.322 e. The van der Waals surface area contributed by atoms with Crippen molar-refractivity contribution in [2.45, 2.75) is 56.9 Å². The highest BCUT2D eigenvalue weighted by Gasteiger charge is 2.30. The van der Waals surface area contributed by atoms with Gasteiger partial charge in [-0.1, -0.05) is 25.5 Å².